The van der Waals surface area contributed by atoms with Crippen LogP contribution in [0, 0.1) is 5.92 Å². The fraction of sp³-hybridized carbons (Fsp3) is 0.550. The standard InChI is InChI=1S/C20H25N3O2/c1-22(13-14-6-3-2-4-7-14)19(24)15-9-10-16-17(12-15)21-18-8-5-11-23(18)20(16)25/h9-10,12,14H,2-8,11,13H2,1H3. The largest absolute Gasteiger partial charge is 0.341 e. The maximum atomic E-state index is 12.8. The van der Waals surface area contributed by atoms with E-state index in [-0.39, 0.29) is 11.5 Å². The van der Waals surface area contributed by atoms with E-state index in [1.165, 1.54) is 32.1 Å². The molecule has 0 spiro atoms. The molecular formula is C20H25N3O2. The summed E-state index contributed by atoms with van der Waals surface area (Å²) < 4.78 is 1.76. The molecule has 5 nitrogen and oxygen atoms in total. The van der Waals surface area contributed by atoms with E-state index in [9.17, 15) is 9.59 Å². The van der Waals surface area contributed by atoms with Gasteiger partial charge in [-0.25, -0.2) is 4.98 Å². The number of amides is 1. The number of nitrogens with zero attached hydrogens (tertiary/aromatic N) is 3. The molecular weight excluding hydrogens is 314 g/mol. The van der Waals surface area contributed by atoms with Gasteiger partial charge < -0.3 is 4.90 Å². The molecule has 0 N–H and O–H groups in total. The Morgan fingerprint density at radius 3 is 2.84 bits per heavy atom. The second-order valence-corrected chi connectivity index (χ2v) is 7.51. The van der Waals surface area contributed by atoms with Gasteiger partial charge in [-0.15, -0.1) is 0 Å². The van der Waals surface area contributed by atoms with Crippen molar-refractivity contribution in [3.8, 4) is 0 Å². The highest BCUT2D eigenvalue weighted by atomic mass is 16.2. The summed E-state index contributed by atoms with van der Waals surface area (Å²) in [6, 6.07) is 5.32. The van der Waals surface area contributed by atoms with Gasteiger partial charge in [0, 0.05) is 32.1 Å². The van der Waals surface area contributed by atoms with Gasteiger partial charge in [0.05, 0.1) is 10.9 Å². The molecule has 1 fully saturated rings. The van der Waals surface area contributed by atoms with Crippen LogP contribution in [0.5, 0.6) is 0 Å². The molecule has 0 atom stereocenters. The maximum Gasteiger partial charge on any atom is 0.261 e. The minimum atomic E-state index is 0.0204. The van der Waals surface area contributed by atoms with Gasteiger partial charge in [0.2, 0.25) is 0 Å². The van der Waals surface area contributed by atoms with Gasteiger partial charge in [0.1, 0.15) is 5.82 Å². The van der Waals surface area contributed by atoms with Crippen molar-refractivity contribution in [3.05, 3.63) is 39.9 Å². The number of aromatic nitrogens is 2. The lowest BCUT2D eigenvalue weighted by molar-refractivity contribution is 0.0760. The first kappa shape index (κ1) is 16.3. The van der Waals surface area contributed by atoms with E-state index in [0.29, 0.717) is 22.4 Å². The van der Waals surface area contributed by atoms with Crippen molar-refractivity contribution in [1.82, 2.24) is 14.5 Å². The molecule has 0 saturated heterocycles. The van der Waals surface area contributed by atoms with Gasteiger partial charge >= 0.3 is 0 Å². The molecule has 1 aliphatic heterocycles. The topological polar surface area (TPSA) is 55.2 Å². The summed E-state index contributed by atoms with van der Waals surface area (Å²) in [7, 11) is 1.88. The lowest BCUT2D eigenvalue weighted by Gasteiger charge is -2.27. The first-order valence-electron chi connectivity index (χ1n) is 9.42. The number of hydrogen-bond acceptors (Lipinski definition) is 3. The van der Waals surface area contributed by atoms with Crippen LogP contribution >= 0.6 is 0 Å². The molecule has 5 heteroatoms. The van der Waals surface area contributed by atoms with E-state index in [4.69, 9.17) is 0 Å². The number of rotatable bonds is 3. The summed E-state index contributed by atoms with van der Waals surface area (Å²) in [6.45, 7) is 1.57. The highest BCUT2D eigenvalue weighted by Crippen LogP contribution is 2.25. The normalized spacial score (nSPS) is 17.6. The number of carbonyl (C=O) groups is 1. The predicted molar refractivity (Wildman–Crippen MR) is 97.9 cm³/mol. The molecule has 0 unspecified atom stereocenters. The van der Waals surface area contributed by atoms with Crippen molar-refractivity contribution in [2.45, 2.75) is 51.5 Å². The van der Waals surface area contributed by atoms with E-state index >= 15 is 0 Å². The molecule has 1 aliphatic carbocycles. The Kier molecular flexibility index (Phi) is 4.32. The first-order chi connectivity index (χ1) is 12.1. The molecule has 25 heavy (non-hydrogen) atoms. The molecule has 1 amide bonds. The third-order valence-corrected chi connectivity index (χ3v) is 5.67. The zero-order valence-corrected chi connectivity index (χ0v) is 14.8. The van der Waals surface area contributed by atoms with Gasteiger partial charge in [0.25, 0.3) is 11.5 Å². The summed E-state index contributed by atoms with van der Waals surface area (Å²) in [6.07, 6.45) is 8.13. The van der Waals surface area contributed by atoms with E-state index in [1.807, 2.05) is 11.9 Å². The molecule has 2 heterocycles. The number of aryl methyl sites for hydroxylation is 1. The lowest BCUT2D eigenvalue weighted by atomic mass is 9.89. The Morgan fingerprint density at radius 2 is 2.04 bits per heavy atom. The Hall–Kier alpha value is -2.17. The lowest BCUT2D eigenvalue weighted by Crippen LogP contribution is -2.32. The minimum Gasteiger partial charge on any atom is -0.341 e. The number of carbonyl (C=O) groups excluding carboxylic acids is 1. The molecule has 1 aromatic heterocycles. The predicted octanol–water partition coefficient (Wildman–Crippen LogP) is 3.00. The Labute approximate surface area is 147 Å². The van der Waals surface area contributed by atoms with Crippen molar-refractivity contribution in [2.24, 2.45) is 5.92 Å². The zero-order valence-electron chi connectivity index (χ0n) is 14.8. The highest BCUT2D eigenvalue weighted by Gasteiger charge is 2.21. The highest BCUT2D eigenvalue weighted by molar-refractivity contribution is 5.97. The van der Waals surface area contributed by atoms with Gasteiger partial charge in [-0.1, -0.05) is 19.3 Å². The van der Waals surface area contributed by atoms with Gasteiger partial charge in [-0.05, 0) is 43.4 Å². The Balaban J connectivity index is 1.59. The van der Waals surface area contributed by atoms with Crippen LogP contribution in [0.4, 0.5) is 0 Å². The Bertz CT molecular complexity index is 865. The zero-order chi connectivity index (χ0) is 17.4. The van der Waals surface area contributed by atoms with Crippen LogP contribution in [0.15, 0.2) is 23.0 Å². The summed E-state index contributed by atoms with van der Waals surface area (Å²) in [4.78, 5) is 31.8. The van der Waals surface area contributed by atoms with Crippen molar-refractivity contribution in [3.63, 3.8) is 0 Å². The monoisotopic (exact) mass is 339 g/mol. The molecule has 2 aromatic rings. The molecule has 2 aliphatic rings. The summed E-state index contributed by atoms with van der Waals surface area (Å²) in [5, 5.41) is 0.608. The first-order valence-corrected chi connectivity index (χ1v) is 9.42. The van der Waals surface area contributed by atoms with Crippen LogP contribution in [0.1, 0.15) is 54.7 Å². The summed E-state index contributed by atoms with van der Waals surface area (Å²) in [5.74, 6) is 1.49. The van der Waals surface area contributed by atoms with Crippen molar-refractivity contribution in [1.29, 1.82) is 0 Å². The van der Waals surface area contributed by atoms with Gasteiger partial charge in [0.15, 0.2) is 0 Å². The molecule has 1 aromatic carbocycles. The molecule has 1 saturated carbocycles. The summed E-state index contributed by atoms with van der Waals surface area (Å²) in [5.41, 5.74) is 1.29. The number of hydrogen-bond donors (Lipinski definition) is 0. The molecule has 132 valence electrons. The second kappa shape index (κ2) is 6.62. The Morgan fingerprint density at radius 1 is 1.24 bits per heavy atom. The smallest absolute Gasteiger partial charge is 0.261 e. The van der Waals surface area contributed by atoms with E-state index in [0.717, 1.165) is 31.8 Å². The molecule has 0 radical (unpaired) electrons. The minimum absolute atomic E-state index is 0.0204. The van der Waals surface area contributed by atoms with Crippen LogP contribution in [0.25, 0.3) is 10.9 Å². The average Bonchev–Trinajstić information content (AvgIpc) is 3.10. The SMILES string of the molecule is CN(CC1CCCCC1)C(=O)c1ccc2c(=O)n3c(nc2c1)CCC3. The van der Waals surface area contributed by atoms with Crippen molar-refractivity contribution < 1.29 is 4.79 Å². The van der Waals surface area contributed by atoms with Gasteiger partial charge in [-0.2, -0.15) is 0 Å². The van der Waals surface area contributed by atoms with Crippen LogP contribution in [-0.2, 0) is 13.0 Å². The second-order valence-electron chi connectivity index (χ2n) is 7.51. The van der Waals surface area contributed by atoms with E-state index < -0.39 is 0 Å². The van der Waals surface area contributed by atoms with Crippen molar-refractivity contribution in [2.75, 3.05) is 13.6 Å². The quantitative estimate of drug-likeness (QED) is 0.864. The van der Waals surface area contributed by atoms with Crippen molar-refractivity contribution >= 4 is 16.8 Å². The van der Waals surface area contributed by atoms with Crippen LogP contribution in [0.3, 0.4) is 0 Å². The molecule has 4 rings (SSSR count). The summed E-state index contributed by atoms with van der Waals surface area (Å²) >= 11 is 0. The van der Waals surface area contributed by atoms with Crippen LogP contribution < -0.4 is 5.56 Å². The fourth-order valence-electron chi connectivity index (χ4n) is 4.28. The van der Waals surface area contributed by atoms with Crippen LogP contribution in [0.2, 0.25) is 0 Å². The average molecular weight is 339 g/mol. The number of fused-ring (bicyclic) bond motifs is 2. The van der Waals surface area contributed by atoms with Gasteiger partial charge in [-0.3, -0.25) is 14.2 Å². The van der Waals surface area contributed by atoms with E-state index in [1.54, 1.807) is 22.8 Å². The number of benzene rings is 1. The van der Waals surface area contributed by atoms with E-state index in [2.05, 4.69) is 4.98 Å². The molecule has 0 bridgehead atoms. The third-order valence-electron chi connectivity index (χ3n) is 5.67. The third kappa shape index (κ3) is 3.08. The fourth-order valence-corrected chi connectivity index (χ4v) is 4.28. The van der Waals surface area contributed by atoms with Crippen LogP contribution in [-0.4, -0.2) is 34.0 Å². The maximum absolute atomic E-state index is 12.8.